The number of anilines is 3. The van der Waals surface area contributed by atoms with E-state index in [1.165, 1.54) is 6.07 Å². The maximum absolute atomic E-state index is 14.1. The van der Waals surface area contributed by atoms with Gasteiger partial charge in [0.15, 0.2) is 5.82 Å². The van der Waals surface area contributed by atoms with Crippen LogP contribution in [-0.2, 0) is 0 Å². The number of benzene rings is 2. The minimum atomic E-state index is -0.633. The fourth-order valence-electron chi connectivity index (χ4n) is 1.89. The average Bonchev–Trinajstić information content (AvgIpc) is 2.41. The highest BCUT2D eigenvalue weighted by Crippen LogP contribution is 2.35. The second-order valence-electron chi connectivity index (χ2n) is 4.48. The molecule has 2 aromatic rings. The van der Waals surface area contributed by atoms with Gasteiger partial charge in [0.1, 0.15) is 5.02 Å². The molecule has 0 radical (unpaired) electrons. The first-order valence-corrected chi connectivity index (χ1v) is 7.12. The van der Waals surface area contributed by atoms with Crippen LogP contribution in [-0.4, -0.2) is 0 Å². The van der Waals surface area contributed by atoms with Gasteiger partial charge in [-0.15, -0.1) is 0 Å². The molecule has 0 aliphatic rings. The van der Waals surface area contributed by atoms with E-state index in [2.05, 4.69) is 21.2 Å². The molecular formula is C14H14BrClFN3. The van der Waals surface area contributed by atoms with Crippen LogP contribution in [0.15, 0.2) is 34.8 Å². The Morgan fingerprint density at radius 1 is 1.25 bits per heavy atom. The molecular weight excluding hydrogens is 345 g/mol. The number of nitrogens with two attached hydrogens (primary N) is 2. The molecule has 3 nitrogen and oxygen atoms in total. The van der Waals surface area contributed by atoms with E-state index in [0.717, 1.165) is 10.0 Å². The molecule has 1 atom stereocenters. The van der Waals surface area contributed by atoms with Gasteiger partial charge in [-0.2, -0.15) is 0 Å². The van der Waals surface area contributed by atoms with Crippen LogP contribution >= 0.6 is 27.5 Å². The number of halogens is 3. The van der Waals surface area contributed by atoms with Crippen LogP contribution in [0.2, 0.25) is 5.02 Å². The molecule has 2 rings (SSSR count). The van der Waals surface area contributed by atoms with Gasteiger partial charge in [0.25, 0.3) is 0 Å². The molecule has 6 heteroatoms. The molecule has 5 N–H and O–H groups in total. The molecule has 0 spiro atoms. The largest absolute Gasteiger partial charge is 0.397 e. The highest BCUT2D eigenvalue weighted by atomic mass is 79.9. The molecule has 0 bridgehead atoms. The molecule has 0 heterocycles. The molecule has 106 valence electrons. The lowest BCUT2D eigenvalue weighted by Crippen LogP contribution is -2.11. The summed E-state index contributed by atoms with van der Waals surface area (Å²) in [6, 6.07) is 9.03. The maximum atomic E-state index is 14.1. The van der Waals surface area contributed by atoms with E-state index in [0.29, 0.717) is 0 Å². The van der Waals surface area contributed by atoms with Gasteiger partial charge in [0.05, 0.1) is 17.1 Å². The van der Waals surface area contributed by atoms with Crippen LogP contribution in [0.4, 0.5) is 21.5 Å². The van der Waals surface area contributed by atoms with Gasteiger partial charge in [-0.1, -0.05) is 39.7 Å². The van der Waals surface area contributed by atoms with Crippen molar-refractivity contribution in [3.8, 4) is 0 Å². The first kappa shape index (κ1) is 14.9. The summed E-state index contributed by atoms with van der Waals surface area (Å²) in [7, 11) is 0. The smallest absolute Gasteiger partial charge is 0.169 e. The topological polar surface area (TPSA) is 64.1 Å². The molecule has 0 amide bonds. The van der Waals surface area contributed by atoms with Crippen molar-refractivity contribution in [1.82, 2.24) is 0 Å². The summed E-state index contributed by atoms with van der Waals surface area (Å²) in [6.07, 6.45) is 0. The van der Waals surface area contributed by atoms with Gasteiger partial charge in [0.2, 0.25) is 0 Å². The molecule has 20 heavy (non-hydrogen) atoms. The van der Waals surface area contributed by atoms with E-state index in [-0.39, 0.29) is 28.1 Å². The summed E-state index contributed by atoms with van der Waals surface area (Å²) in [5, 5.41) is 2.91. The van der Waals surface area contributed by atoms with E-state index < -0.39 is 5.82 Å². The highest BCUT2D eigenvalue weighted by molar-refractivity contribution is 9.10. The average molecular weight is 359 g/mol. The Balaban J connectivity index is 2.33. The molecule has 0 fully saturated rings. The van der Waals surface area contributed by atoms with E-state index >= 15 is 0 Å². The van der Waals surface area contributed by atoms with Gasteiger partial charge in [-0.3, -0.25) is 0 Å². The van der Waals surface area contributed by atoms with Crippen molar-refractivity contribution in [2.75, 3.05) is 16.8 Å². The van der Waals surface area contributed by atoms with E-state index in [9.17, 15) is 4.39 Å². The molecule has 2 aromatic carbocycles. The first-order chi connectivity index (χ1) is 9.40. The van der Waals surface area contributed by atoms with Crippen molar-refractivity contribution in [3.05, 3.63) is 51.2 Å². The second kappa shape index (κ2) is 5.89. The van der Waals surface area contributed by atoms with Crippen LogP contribution in [0.5, 0.6) is 0 Å². The summed E-state index contributed by atoms with van der Waals surface area (Å²) in [5.74, 6) is -0.633. The standard InChI is InChI=1S/C14H14BrClFN3/c1-7(8-3-2-4-9(15)5-8)20-14-11(19)6-10(18)12(16)13(14)17/h2-7,20H,18-19H2,1H3. The third kappa shape index (κ3) is 2.99. The summed E-state index contributed by atoms with van der Waals surface area (Å²) < 4.78 is 15.1. The lowest BCUT2D eigenvalue weighted by atomic mass is 10.1. The zero-order valence-electron chi connectivity index (χ0n) is 10.8. The number of nitrogens with one attached hydrogen (secondary N) is 1. The van der Waals surface area contributed by atoms with Gasteiger partial charge >= 0.3 is 0 Å². The third-order valence-corrected chi connectivity index (χ3v) is 3.85. The number of hydrogen-bond donors (Lipinski definition) is 3. The van der Waals surface area contributed by atoms with Crippen molar-refractivity contribution in [2.24, 2.45) is 0 Å². The van der Waals surface area contributed by atoms with Crippen LogP contribution in [0, 0.1) is 5.82 Å². The zero-order chi connectivity index (χ0) is 14.9. The highest BCUT2D eigenvalue weighted by Gasteiger charge is 2.16. The number of nitrogen functional groups attached to an aromatic ring is 2. The van der Waals surface area contributed by atoms with Crippen molar-refractivity contribution in [2.45, 2.75) is 13.0 Å². The Labute approximate surface area is 130 Å². The van der Waals surface area contributed by atoms with Crippen LogP contribution in [0.1, 0.15) is 18.5 Å². The molecule has 1 unspecified atom stereocenters. The van der Waals surface area contributed by atoms with Crippen molar-refractivity contribution >= 4 is 44.6 Å². The van der Waals surface area contributed by atoms with E-state index in [1.54, 1.807) is 0 Å². The van der Waals surface area contributed by atoms with E-state index in [4.69, 9.17) is 23.1 Å². The van der Waals surface area contributed by atoms with Gasteiger partial charge < -0.3 is 16.8 Å². The Hall–Kier alpha value is -1.46. The zero-order valence-corrected chi connectivity index (χ0v) is 13.1. The number of hydrogen-bond acceptors (Lipinski definition) is 3. The fraction of sp³-hybridized carbons (Fsp3) is 0.143. The van der Waals surface area contributed by atoms with Gasteiger partial charge in [0, 0.05) is 10.5 Å². The fourth-order valence-corrected chi connectivity index (χ4v) is 2.45. The SMILES string of the molecule is CC(Nc1c(N)cc(N)c(Cl)c1F)c1cccc(Br)c1. The minimum absolute atomic E-state index is 0.122. The van der Waals surface area contributed by atoms with Crippen molar-refractivity contribution in [1.29, 1.82) is 0 Å². The van der Waals surface area contributed by atoms with Crippen LogP contribution < -0.4 is 16.8 Å². The Bertz CT molecular complexity index is 649. The predicted molar refractivity (Wildman–Crippen MR) is 86.4 cm³/mol. The lowest BCUT2D eigenvalue weighted by Gasteiger charge is -2.19. The molecule has 0 saturated heterocycles. The predicted octanol–water partition coefficient (Wildman–Crippen LogP) is 4.58. The van der Waals surface area contributed by atoms with Gasteiger partial charge in [-0.25, -0.2) is 4.39 Å². The van der Waals surface area contributed by atoms with Crippen LogP contribution in [0.3, 0.4) is 0 Å². The third-order valence-electron chi connectivity index (χ3n) is 2.97. The Morgan fingerprint density at radius 3 is 2.60 bits per heavy atom. The normalized spacial score (nSPS) is 12.2. The van der Waals surface area contributed by atoms with Crippen molar-refractivity contribution in [3.63, 3.8) is 0 Å². The van der Waals surface area contributed by atoms with E-state index in [1.807, 2.05) is 31.2 Å². The maximum Gasteiger partial charge on any atom is 0.169 e. The molecule has 0 aliphatic carbocycles. The van der Waals surface area contributed by atoms with Gasteiger partial charge in [-0.05, 0) is 30.7 Å². The summed E-state index contributed by atoms with van der Waals surface area (Å²) in [4.78, 5) is 0. The van der Waals surface area contributed by atoms with Crippen molar-refractivity contribution < 1.29 is 4.39 Å². The summed E-state index contributed by atoms with van der Waals surface area (Å²) in [5.41, 5.74) is 12.9. The Kier molecular flexibility index (Phi) is 4.40. The minimum Gasteiger partial charge on any atom is -0.397 e. The molecule has 0 aromatic heterocycles. The Morgan fingerprint density at radius 2 is 1.95 bits per heavy atom. The quantitative estimate of drug-likeness (QED) is 0.704. The number of rotatable bonds is 3. The molecule has 0 aliphatic heterocycles. The summed E-state index contributed by atoms with van der Waals surface area (Å²) in [6.45, 7) is 1.91. The summed E-state index contributed by atoms with van der Waals surface area (Å²) >= 11 is 9.21. The van der Waals surface area contributed by atoms with Crippen LogP contribution in [0.25, 0.3) is 0 Å². The lowest BCUT2D eigenvalue weighted by molar-refractivity contribution is 0.629. The monoisotopic (exact) mass is 357 g/mol. The second-order valence-corrected chi connectivity index (χ2v) is 5.77. The first-order valence-electron chi connectivity index (χ1n) is 5.95. The molecule has 0 saturated carbocycles.